The highest BCUT2D eigenvalue weighted by Gasteiger charge is 2.25. The highest BCUT2D eigenvalue weighted by Crippen LogP contribution is 2.31. The number of nitrogens with zero attached hydrogens (tertiary/aromatic N) is 1. The van der Waals surface area contributed by atoms with Crippen molar-refractivity contribution in [2.45, 2.75) is 33.7 Å². The van der Waals surface area contributed by atoms with Gasteiger partial charge in [0.25, 0.3) is 0 Å². The van der Waals surface area contributed by atoms with Crippen molar-refractivity contribution in [1.29, 1.82) is 0 Å². The molecular weight excluding hydrogens is 228 g/mol. The number of hydrogen-bond acceptors (Lipinski definition) is 3. The summed E-state index contributed by atoms with van der Waals surface area (Å²) in [5, 5.41) is 9.02. The number of rotatable bonds is 3. The summed E-state index contributed by atoms with van der Waals surface area (Å²) in [6, 6.07) is 5.03. The average molecular weight is 250 g/mol. The zero-order valence-corrected chi connectivity index (χ0v) is 11.7. The molecule has 0 bridgehead atoms. The van der Waals surface area contributed by atoms with Crippen LogP contribution in [0.15, 0.2) is 18.2 Å². The SMILES string of the molecule is CC(N(C)c1cc(C(=O)O)ccc1N)C(C)(C)C. The number of carbonyl (C=O) groups is 1. The van der Waals surface area contributed by atoms with Gasteiger partial charge in [0, 0.05) is 13.1 Å². The topological polar surface area (TPSA) is 66.6 Å². The first-order valence-corrected chi connectivity index (χ1v) is 6.00. The van der Waals surface area contributed by atoms with Crippen molar-refractivity contribution >= 4 is 17.3 Å². The van der Waals surface area contributed by atoms with Crippen molar-refractivity contribution in [3.63, 3.8) is 0 Å². The standard InChI is InChI=1S/C14H22N2O2/c1-9(14(2,3)4)16(5)12-8-10(13(17)18)6-7-11(12)15/h6-9H,15H2,1-5H3,(H,17,18). The molecule has 1 rings (SSSR count). The molecule has 0 fully saturated rings. The minimum atomic E-state index is -0.937. The summed E-state index contributed by atoms with van der Waals surface area (Å²) < 4.78 is 0. The number of hydrogen-bond donors (Lipinski definition) is 2. The van der Waals surface area contributed by atoms with Gasteiger partial charge in [-0.2, -0.15) is 0 Å². The Kier molecular flexibility index (Phi) is 3.89. The van der Waals surface area contributed by atoms with Crippen LogP contribution in [0.1, 0.15) is 38.1 Å². The van der Waals surface area contributed by atoms with Crippen molar-refractivity contribution in [2.24, 2.45) is 5.41 Å². The van der Waals surface area contributed by atoms with Gasteiger partial charge in [0.15, 0.2) is 0 Å². The summed E-state index contributed by atoms with van der Waals surface area (Å²) in [7, 11) is 1.94. The van der Waals surface area contributed by atoms with Crippen LogP contribution in [0, 0.1) is 5.41 Å². The van der Waals surface area contributed by atoms with E-state index in [1.165, 1.54) is 6.07 Å². The van der Waals surface area contributed by atoms with Gasteiger partial charge in [-0.3, -0.25) is 0 Å². The van der Waals surface area contributed by atoms with Crippen LogP contribution in [-0.2, 0) is 0 Å². The molecule has 18 heavy (non-hydrogen) atoms. The van der Waals surface area contributed by atoms with Crippen LogP contribution in [0.4, 0.5) is 11.4 Å². The Bertz CT molecular complexity index is 450. The molecule has 100 valence electrons. The second-order valence-electron chi connectivity index (χ2n) is 5.73. The van der Waals surface area contributed by atoms with Crippen LogP contribution in [-0.4, -0.2) is 24.2 Å². The molecule has 0 heterocycles. The van der Waals surface area contributed by atoms with E-state index in [0.717, 1.165) is 5.69 Å². The van der Waals surface area contributed by atoms with Crippen LogP contribution >= 0.6 is 0 Å². The largest absolute Gasteiger partial charge is 0.478 e. The Balaban J connectivity index is 3.16. The summed E-state index contributed by atoms with van der Waals surface area (Å²) in [6.45, 7) is 8.54. The van der Waals surface area contributed by atoms with E-state index in [1.807, 2.05) is 11.9 Å². The van der Waals surface area contributed by atoms with Gasteiger partial charge in [-0.25, -0.2) is 4.79 Å². The zero-order chi connectivity index (χ0) is 14.1. The van der Waals surface area contributed by atoms with Crippen molar-refractivity contribution in [1.82, 2.24) is 0 Å². The fourth-order valence-electron chi connectivity index (χ4n) is 1.77. The number of carboxylic acids is 1. The maximum absolute atomic E-state index is 11.0. The van der Waals surface area contributed by atoms with E-state index in [4.69, 9.17) is 10.8 Å². The predicted molar refractivity (Wildman–Crippen MR) is 75.1 cm³/mol. The molecule has 0 saturated heterocycles. The van der Waals surface area contributed by atoms with E-state index >= 15 is 0 Å². The first-order valence-electron chi connectivity index (χ1n) is 6.00. The third-order valence-corrected chi connectivity index (χ3v) is 3.49. The van der Waals surface area contributed by atoms with E-state index in [9.17, 15) is 4.79 Å². The summed E-state index contributed by atoms with van der Waals surface area (Å²) >= 11 is 0. The Morgan fingerprint density at radius 1 is 1.39 bits per heavy atom. The average Bonchev–Trinajstić information content (AvgIpc) is 2.26. The van der Waals surface area contributed by atoms with Gasteiger partial charge in [-0.15, -0.1) is 0 Å². The number of carboxylic acid groups (broad SMARTS) is 1. The third kappa shape index (κ3) is 2.94. The Morgan fingerprint density at radius 2 is 1.94 bits per heavy atom. The molecule has 1 aromatic rings. The summed E-state index contributed by atoms with van der Waals surface area (Å²) in [4.78, 5) is 13.0. The lowest BCUT2D eigenvalue weighted by Crippen LogP contribution is -2.39. The number of anilines is 2. The van der Waals surface area contributed by atoms with Crippen LogP contribution in [0.25, 0.3) is 0 Å². The van der Waals surface area contributed by atoms with E-state index in [1.54, 1.807) is 12.1 Å². The fourth-order valence-corrected chi connectivity index (χ4v) is 1.77. The number of nitrogens with two attached hydrogens (primary N) is 1. The second-order valence-corrected chi connectivity index (χ2v) is 5.73. The van der Waals surface area contributed by atoms with Crippen LogP contribution in [0.2, 0.25) is 0 Å². The van der Waals surface area contributed by atoms with Gasteiger partial charge in [0.1, 0.15) is 0 Å². The van der Waals surface area contributed by atoms with E-state index in [-0.39, 0.29) is 17.0 Å². The normalized spacial score (nSPS) is 13.2. The molecule has 0 spiro atoms. The lowest BCUT2D eigenvalue weighted by molar-refractivity contribution is 0.0697. The van der Waals surface area contributed by atoms with Gasteiger partial charge >= 0.3 is 5.97 Å². The van der Waals surface area contributed by atoms with Gasteiger partial charge in [0.2, 0.25) is 0 Å². The van der Waals surface area contributed by atoms with Crippen LogP contribution < -0.4 is 10.6 Å². The maximum atomic E-state index is 11.0. The zero-order valence-electron chi connectivity index (χ0n) is 11.7. The predicted octanol–water partition coefficient (Wildman–Crippen LogP) is 2.84. The van der Waals surface area contributed by atoms with Crippen molar-refractivity contribution < 1.29 is 9.90 Å². The molecular formula is C14H22N2O2. The molecule has 0 aromatic heterocycles. The fraction of sp³-hybridized carbons (Fsp3) is 0.500. The summed E-state index contributed by atoms with van der Waals surface area (Å²) in [5.41, 5.74) is 7.63. The number of aromatic carboxylic acids is 1. The van der Waals surface area contributed by atoms with Crippen molar-refractivity contribution in [2.75, 3.05) is 17.7 Å². The molecule has 3 N–H and O–H groups in total. The molecule has 0 amide bonds. The molecule has 0 aliphatic heterocycles. The monoisotopic (exact) mass is 250 g/mol. The summed E-state index contributed by atoms with van der Waals surface area (Å²) in [5.74, 6) is -0.937. The van der Waals surface area contributed by atoms with Gasteiger partial charge in [-0.1, -0.05) is 20.8 Å². The van der Waals surface area contributed by atoms with E-state index < -0.39 is 5.97 Å². The van der Waals surface area contributed by atoms with Crippen molar-refractivity contribution in [3.8, 4) is 0 Å². The van der Waals surface area contributed by atoms with Gasteiger partial charge in [-0.05, 0) is 30.5 Å². The molecule has 4 heteroatoms. The minimum Gasteiger partial charge on any atom is -0.478 e. The molecule has 1 unspecified atom stereocenters. The molecule has 0 saturated carbocycles. The first kappa shape index (κ1) is 14.4. The Labute approximate surface area is 108 Å². The quantitative estimate of drug-likeness (QED) is 0.809. The summed E-state index contributed by atoms with van der Waals surface area (Å²) in [6.07, 6.45) is 0. The lowest BCUT2D eigenvalue weighted by atomic mass is 9.87. The second kappa shape index (κ2) is 4.88. The van der Waals surface area contributed by atoms with Gasteiger partial charge in [0.05, 0.1) is 16.9 Å². The third-order valence-electron chi connectivity index (χ3n) is 3.49. The highest BCUT2D eigenvalue weighted by atomic mass is 16.4. The highest BCUT2D eigenvalue weighted by molar-refractivity contribution is 5.90. The van der Waals surface area contributed by atoms with E-state index in [2.05, 4.69) is 27.7 Å². The van der Waals surface area contributed by atoms with E-state index in [0.29, 0.717) is 5.69 Å². The molecule has 4 nitrogen and oxygen atoms in total. The minimum absolute atomic E-state index is 0.0837. The number of nitrogen functional groups attached to an aromatic ring is 1. The molecule has 0 aliphatic rings. The van der Waals surface area contributed by atoms with Crippen LogP contribution in [0.3, 0.4) is 0 Å². The Hall–Kier alpha value is -1.71. The van der Waals surface area contributed by atoms with Crippen LogP contribution in [0.5, 0.6) is 0 Å². The number of benzene rings is 1. The van der Waals surface area contributed by atoms with Crippen molar-refractivity contribution in [3.05, 3.63) is 23.8 Å². The maximum Gasteiger partial charge on any atom is 0.335 e. The lowest BCUT2D eigenvalue weighted by Gasteiger charge is -2.37. The molecule has 0 radical (unpaired) electrons. The Morgan fingerprint density at radius 3 is 2.39 bits per heavy atom. The first-order chi connectivity index (χ1) is 8.14. The molecule has 1 atom stereocenters. The smallest absolute Gasteiger partial charge is 0.335 e. The van der Waals surface area contributed by atoms with Gasteiger partial charge < -0.3 is 15.7 Å². The molecule has 0 aliphatic carbocycles. The molecule has 1 aromatic carbocycles.